The van der Waals surface area contributed by atoms with Crippen molar-refractivity contribution in [3.05, 3.63) is 72.7 Å². The summed E-state index contributed by atoms with van der Waals surface area (Å²) in [6, 6.07) is 8.49. The second-order valence-electron chi connectivity index (χ2n) is 5.53. The van der Waals surface area contributed by atoms with Gasteiger partial charge in [-0.1, -0.05) is 0 Å². The zero-order valence-electron chi connectivity index (χ0n) is 14.3. The van der Waals surface area contributed by atoms with E-state index in [1.807, 2.05) is 0 Å². The molecule has 0 radical (unpaired) electrons. The van der Waals surface area contributed by atoms with Crippen LogP contribution in [0.5, 0.6) is 5.75 Å². The number of carbonyl (C=O) groups excluding carboxylic acids is 2. The molecule has 138 valence electrons. The van der Waals surface area contributed by atoms with E-state index in [9.17, 15) is 14.0 Å². The van der Waals surface area contributed by atoms with Crippen LogP contribution in [-0.4, -0.2) is 32.5 Å². The van der Waals surface area contributed by atoms with Crippen LogP contribution in [0.25, 0.3) is 5.82 Å². The molecule has 3 rings (SSSR count). The lowest BCUT2D eigenvalue weighted by Gasteiger charge is -2.15. The van der Waals surface area contributed by atoms with Gasteiger partial charge in [0.1, 0.15) is 23.7 Å². The summed E-state index contributed by atoms with van der Waals surface area (Å²) in [7, 11) is 0. The zero-order valence-corrected chi connectivity index (χ0v) is 14.3. The summed E-state index contributed by atoms with van der Waals surface area (Å²) in [6.07, 6.45) is 5.43. The number of hydrogen-bond acceptors (Lipinski definition) is 5. The first-order valence-corrected chi connectivity index (χ1v) is 8.00. The van der Waals surface area contributed by atoms with Crippen molar-refractivity contribution in [2.45, 2.75) is 13.0 Å². The van der Waals surface area contributed by atoms with E-state index in [1.54, 1.807) is 35.4 Å². The van der Waals surface area contributed by atoms with Crippen LogP contribution in [0.15, 0.2) is 61.3 Å². The Hall–Kier alpha value is -3.75. The normalized spacial score (nSPS) is 11.5. The van der Waals surface area contributed by atoms with Crippen LogP contribution in [0.3, 0.4) is 0 Å². The standard InChI is InChI=1S/C18H16FN5O3/c1-12(27-15-5-3-14(19)4-6-15)17(25)22-23-18(26)13-2-7-16(21-10-13)24-9-8-20-11-24/h2-12H,1H3,(H,22,25)(H,23,26). The van der Waals surface area contributed by atoms with Crippen LogP contribution in [0.4, 0.5) is 4.39 Å². The lowest BCUT2D eigenvalue weighted by atomic mass is 10.2. The minimum absolute atomic E-state index is 0.270. The molecular formula is C18H16FN5O3. The number of rotatable bonds is 5. The molecular weight excluding hydrogens is 353 g/mol. The highest BCUT2D eigenvalue weighted by molar-refractivity contribution is 5.95. The molecule has 1 unspecified atom stereocenters. The molecule has 0 spiro atoms. The number of hydrogen-bond donors (Lipinski definition) is 2. The summed E-state index contributed by atoms with van der Waals surface area (Å²) < 4.78 is 19.9. The fourth-order valence-corrected chi connectivity index (χ4v) is 2.13. The van der Waals surface area contributed by atoms with E-state index in [0.717, 1.165) is 0 Å². The quantitative estimate of drug-likeness (QED) is 0.666. The monoisotopic (exact) mass is 369 g/mol. The van der Waals surface area contributed by atoms with Crippen LogP contribution in [-0.2, 0) is 4.79 Å². The van der Waals surface area contributed by atoms with Crippen LogP contribution in [0.2, 0.25) is 0 Å². The van der Waals surface area contributed by atoms with Crippen molar-refractivity contribution < 1.29 is 18.7 Å². The molecule has 0 aliphatic rings. The molecule has 2 amide bonds. The first-order valence-electron chi connectivity index (χ1n) is 8.00. The molecule has 0 aliphatic carbocycles. The maximum atomic E-state index is 12.9. The number of ether oxygens (including phenoxy) is 1. The number of nitrogens with zero attached hydrogens (tertiary/aromatic N) is 3. The minimum Gasteiger partial charge on any atom is -0.481 e. The topological polar surface area (TPSA) is 98.1 Å². The number of amides is 2. The van der Waals surface area contributed by atoms with Crippen molar-refractivity contribution >= 4 is 11.8 Å². The molecule has 1 atom stereocenters. The van der Waals surface area contributed by atoms with Gasteiger partial charge in [-0.3, -0.25) is 25.0 Å². The molecule has 0 saturated carbocycles. The average molecular weight is 369 g/mol. The van der Waals surface area contributed by atoms with Crippen LogP contribution in [0, 0.1) is 5.82 Å². The molecule has 9 heteroatoms. The molecule has 0 saturated heterocycles. The Balaban J connectivity index is 1.52. The summed E-state index contributed by atoms with van der Waals surface area (Å²) in [5, 5.41) is 0. The SMILES string of the molecule is CC(Oc1ccc(F)cc1)C(=O)NNC(=O)c1ccc(-n2ccnc2)nc1. The van der Waals surface area contributed by atoms with Gasteiger partial charge in [0.15, 0.2) is 6.10 Å². The third kappa shape index (κ3) is 4.66. The zero-order chi connectivity index (χ0) is 19.2. The number of halogens is 1. The summed E-state index contributed by atoms with van der Waals surface area (Å²) in [5.41, 5.74) is 4.83. The molecule has 2 aromatic heterocycles. The summed E-state index contributed by atoms with van der Waals surface area (Å²) >= 11 is 0. The van der Waals surface area contributed by atoms with Gasteiger partial charge in [0, 0.05) is 18.6 Å². The lowest BCUT2D eigenvalue weighted by Crippen LogP contribution is -2.47. The van der Waals surface area contributed by atoms with E-state index in [2.05, 4.69) is 20.8 Å². The molecule has 0 fully saturated rings. The highest BCUT2D eigenvalue weighted by atomic mass is 19.1. The van der Waals surface area contributed by atoms with Gasteiger partial charge >= 0.3 is 0 Å². The first-order chi connectivity index (χ1) is 13.0. The highest BCUT2D eigenvalue weighted by Crippen LogP contribution is 2.13. The van der Waals surface area contributed by atoms with Crippen molar-refractivity contribution in [1.29, 1.82) is 0 Å². The molecule has 0 aliphatic heterocycles. The summed E-state index contributed by atoms with van der Waals surface area (Å²) in [6.45, 7) is 1.51. The molecule has 1 aromatic carbocycles. The summed E-state index contributed by atoms with van der Waals surface area (Å²) in [5.74, 6) is -0.545. The maximum absolute atomic E-state index is 12.9. The Morgan fingerprint density at radius 2 is 1.93 bits per heavy atom. The molecule has 3 aromatic rings. The fourth-order valence-electron chi connectivity index (χ4n) is 2.13. The van der Waals surface area contributed by atoms with E-state index >= 15 is 0 Å². The Morgan fingerprint density at radius 1 is 1.15 bits per heavy atom. The minimum atomic E-state index is -0.891. The van der Waals surface area contributed by atoms with E-state index in [1.165, 1.54) is 37.4 Å². The van der Waals surface area contributed by atoms with Crippen molar-refractivity contribution in [3.8, 4) is 11.6 Å². The van der Waals surface area contributed by atoms with Gasteiger partial charge in [-0.2, -0.15) is 0 Å². The largest absolute Gasteiger partial charge is 0.481 e. The number of imidazole rings is 1. The number of nitrogens with one attached hydrogen (secondary N) is 2. The van der Waals surface area contributed by atoms with E-state index in [4.69, 9.17) is 4.74 Å². The van der Waals surface area contributed by atoms with Gasteiger partial charge in [0.2, 0.25) is 0 Å². The third-order valence-corrected chi connectivity index (χ3v) is 3.57. The Bertz CT molecular complexity index is 911. The van der Waals surface area contributed by atoms with E-state index < -0.39 is 23.7 Å². The smallest absolute Gasteiger partial charge is 0.279 e. The van der Waals surface area contributed by atoms with Gasteiger partial charge in [0.25, 0.3) is 11.8 Å². The maximum Gasteiger partial charge on any atom is 0.279 e. The van der Waals surface area contributed by atoms with Crippen molar-refractivity contribution in [1.82, 2.24) is 25.4 Å². The number of pyridine rings is 1. The van der Waals surface area contributed by atoms with Gasteiger partial charge in [-0.25, -0.2) is 14.4 Å². The Morgan fingerprint density at radius 3 is 2.56 bits per heavy atom. The predicted octanol–water partition coefficient (Wildman–Crippen LogP) is 1.63. The van der Waals surface area contributed by atoms with E-state index in [-0.39, 0.29) is 5.56 Å². The van der Waals surface area contributed by atoms with Gasteiger partial charge in [-0.05, 0) is 43.3 Å². The molecule has 2 heterocycles. The predicted molar refractivity (Wildman–Crippen MR) is 93.5 cm³/mol. The Kier molecular flexibility index (Phi) is 5.41. The number of hydrazine groups is 1. The fraction of sp³-hybridized carbons (Fsp3) is 0.111. The molecule has 27 heavy (non-hydrogen) atoms. The average Bonchev–Trinajstić information content (AvgIpc) is 3.22. The third-order valence-electron chi connectivity index (χ3n) is 3.57. The van der Waals surface area contributed by atoms with Crippen molar-refractivity contribution in [2.75, 3.05) is 0 Å². The van der Waals surface area contributed by atoms with Crippen LogP contribution >= 0.6 is 0 Å². The van der Waals surface area contributed by atoms with Crippen molar-refractivity contribution in [3.63, 3.8) is 0 Å². The Labute approximate surface area is 154 Å². The van der Waals surface area contributed by atoms with Gasteiger partial charge in [0.05, 0.1) is 5.56 Å². The van der Waals surface area contributed by atoms with Gasteiger partial charge < -0.3 is 4.74 Å². The second kappa shape index (κ2) is 8.09. The molecule has 0 bridgehead atoms. The molecule has 8 nitrogen and oxygen atoms in total. The molecule has 2 N–H and O–H groups in total. The van der Waals surface area contributed by atoms with E-state index in [0.29, 0.717) is 11.6 Å². The number of carbonyl (C=O) groups is 2. The number of aromatic nitrogens is 3. The van der Waals surface area contributed by atoms with Crippen LogP contribution < -0.4 is 15.6 Å². The number of benzene rings is 1. The summed E-state index contributed by atoms with van der Waals surface area (Å²) in [4.78, 5) is 32.2. The van der Waals surface area contributed by atoms with Gasteiger partial charge in [-0.15, -0.1) is 0 Å². The highest BCUT2D eigenvalue weighted by Gasteiger charge is 2.16. The van der Waals surface area contributed by atoms with Crippen molar-refractivity contribution in [2.24, 2.45) is 0 Å². The van der Waals surface area contributed by atoms with Crippen LogP contribution in [0.1, 0.15) is 17.3 Å². The first kappa shape index (κ1) is 18.1. The lowest BCUT2D eigenvalue weighted by molar-refractivity contribution is -0.128. The second-order valence-corrected chi connectivity index (χ2v) is 5.53.